The Balaban J connectivity index is 2.28. The van der Waals surface area contributed by atoms with Crippen molar-refractivity contribution in [2.24, 2.45) is 0 Å². The standard InChI is InChI=1S/C13H13ClN4O2/c1-2-18-7-9(3-4-11(18)19)17-13(20)10-5-8(15)6-16-12(10)14/h3-7H,2,15H2,1H3,(H,17,20). The zero-order chi connectivity index (χ0) is 14.7. The fourth-order valence-electron chi connectivity index (χ4n) is 1.67. The molecule has 0 aliphatic rings. The molecular formula is C13H13ClN4O2. The SMILES string of the molecule is CCn1cc(NC(=O)c2cc(N)cnc2Cl)ccc1=O. The van der Waals surface area contributed by atoms with Crippen LogP contribution in [0, 0.1) is 0 Å². The van der Waals surface area contributed by atoms with Gasteiger partial charge in [-0.1, -0.05) is 11.6 Å². The number of aryl methyl sites for hydroxylation is 1. The van der Waals surface area contributed by atoms with Crippen LogP contribution in [0.4, 0.5) is 11.4 Å². The number of hydrogen-bond acceptors (Lipinski definition) is 4. The van der Waals surface area contributed by atoms with E-state index in [1.54, 1.807) is 6.20 Å². The highest BCUT2D eigenvalue weighted by molar-refractivity contribution is 6.33. The maximum absolute atomic E-state index is 12.1. The fourth-order valence-corrected chi connectivity index (χ4v) is 1.86. The van der Waals surface area contributed by atoms with E-state index in [1.165, 1.54) is 29.0 Å². The Kier molecular flexibility index (Phi) is 4.05. The number of rotatable bonds is 3. The van der Waals surface area contributed by atoms with E-state index >= 15 is 0 Å². The molecule has 0 aliphatic heterocycles. The minimum absolute atomic E-state index is 0.0699. The van der Waals surface area contributed by atoms with Crippen LogP contribution in [0.15, 0.2) is 35.4 Å². The Morgan fingerprint density at radius 1 is 1.50 bits per heavy atom. The number of nitrogens with zero attached hydrogens (tertiary/aromatic N) is 2. The van der Waals surface area contributed by atoms with Gasteiger partial charge in [0.15, 0.2) is 0 Å². The molecule has 3 N–H and O–H groups in total. The third-order valence-corrected chi connectivity index (χ3v) is 2.99. The molecule has 0 radical (unpaired) electrons. The van der Waals surface area contributed by atoms with Crippen LogP contribution in [-0.4, -0.2) is 15.5 Å². The summed E-state index contributed by atoms with van der Waals surface area (Å²) in [4.78, 5) is 27.4. The summed E-state index contributed by atoms with van der Waals surface area (Å²) in [5, 5.41) is 2.72. The zero-order valence-electron chi connectivity index (χ0n) is 10.8. The molecule has 104 valence electrons. The molecule has 0 fully saturated rings. The Morgan fingerprint density at radius 3 is 2.95 bits per heavy atom. The van der Waals surface area contributed by atoms with Crippen LogP contribution in [0.2, 0.25) is 5.15 Å². The first-order chi connectivity index (χ1) is 9.51. The van der Waals surface area contributed by atoms with Gasteiger partial charge >= 0.3 is 0 Å². The van der Waals surface area contributed by atoms with Crippen molar-refractivity contribution in [2.75, 3.05) is 11.1 Å². The number of nitrogens with one attached hydrogen (secondary N) is 1. The highest BCUT2D eigenvalue weighted by atomic mass is 35.5. The first-order valence-electron chi connectivity index (χ1n) is 5.94. The molecule has 2 rings (SSSR count). The third kappa shape index (κ3) is 2.97. The van der Waals surface area contributed by atoms with Crippen LogP contribution >= 0.6 is 11.6 Å². The molecule has 0 saturated carbocycles. The number of pyridine rings is 2. The number of nitrogen functional groups attached to an aromatic ring is 1. The highest BCUT2D eigenvalue weighted by Gasteiger charge is 2.12. The molecule has 0 aromatic carbocycles. The number of carbonyl (C=O) groups excluding carboxylic acids is 1. The Labute approximate surface area is 120 Å². The lowest BCUT2D eigenvalue weighted by Gasteiger charge is -2.09. The fraction of sp³-hybridized carbons (Fsp3) is 0.154. The summed E-state index contributed by atoms with van der Waals surface area (Å²) in [5.41, 5.74) is 6.47. The minimum Gasteiger partial charge on any atom is -0.397 e. The van der Waals surface area contributed by atoms with E-state index in [2.05, 4.69) is 10.3 Å². The first kappa shape index (κ1) is 14.1. The van der Waals surface area contributed by atoms with Crippen LogP contribution < -0.4 is 16.6 Å². The molecule has 0 atom stereocenters. The molecule has 0 aliphatic carbocycles. The van der Waals surface area contributed by atoms with Crippen LogP contribution in [0.25, 0.3) is 0 Å². The van der Waals surface area contributed by atoms with Gasteiger partial charge in [-0.05, 0) is 19.1 Å². The molecule has 6 nitrogen and oxygen atoms in total. The lowest BCUT2D eigenvalue weighted by atomic mass is 10.2. The number of hydrogen-bond donors (Lipinski definition) is 2. The normalized spacial score (nSPS) is 10.3. The third-order valence-electron chi connectivity index (χ3n) is 2.69. The predicted octanol–water partition coefficient (Wildman–Crippen LogP) is 1.75. The van der Waals surface area contributed by atoms with Crippen molar-refractivity contribution in [3.63, 3.8) is 0 Å². The summed E-state index contributed by atoms with van der Waals surface area (Å²) in [6, 6.07) is 4.36. The second-order valence-electron chi connectivity index (χ2n) is 4.10. The lowest BCUT2D eigenvalue weighted by molar-refractivity contribution is 0.102. The van der Waals surface area contributed by atoms with Crippen LogP contribution in [0.1, 0.15) is 17.3 Å². The summed E-state index contributed by atoms with van der Waals surface area (Å²) in [5.74, 6) is -0.434. The summed E-state index contributed by atoms with van der Waals surface area (Å²) in [6.45, 7) is 2.36. The molecule has 2 aromatic rings. The van der Waals surface area contributed by atoms with E-state index < -0.39 is 5.91 Å². The van der Waals surface area contributed by atoms with Gasteiger partial charge < -0.3 is 15.6 Å². The van der Waals surface area contributed by atoms with Crippen molar-refractivity contribution in [2.45, 2.75) is 13.5 Å². The van der Waals surface area contributed by atoms with Crippen molar-refractivity contribution in [1.82, 2.24) is 9.55 Å². The van der Waals surface area contributed by atoms with Crippen molar-refractivity contribution in [1.29, 1.82) is 0 Å². The first-order valence-corrected chi connectivity index (χ1v) is 6.32. The average Bonchev–Trinajstić information content (AvgIpc) is 2.43. The summed E-state index contributed by atoms with van der Waals surface area (Å²) >= 11 is 5.86. The Bertz CT molecular complexity index is 712. The topological polar surface area (TPSA) is 90.0 Å². The molecule has 2 heterocycles. The van der Waals surface area contributed by atoms with Gasteiger partial charge in [-0.25, -0.2) is 4.98 Å². The molecule has 0 spiro atoms. The molecular weight excluding hydrogens is 280 g/mol. The number of nitrogens with two attached hydrogens (primary N) is 1. The average molecular weight is 293 g/mol. The number of carbonyl (C=O) groups is 1. The molecule has 20 heavy (non-hydrogen) atoms. The lowest BCUT2D eigenvalue weighted by Crippen LogP contribution is -2.20. The van der Waals surface area contributed by atoms with Crippen molar-refractivity contribution < 1.29 is 4.79 Å². The van der Waals surface area contributed by atoms with E-state index in [0.717, 1.165) is 0 Å². The van der Waals surface area contributed by atoms with Gasteiger partial charge in [0.2, 0.25) is 0 Å². The Morgan fingerprint density at radius 2 is 2.25 bits per heavy atom. The van der Waals surface area contributed by atoms with Crippen molar-refractivity contribution in [3.05, 3.63) is 51.7 Å². The van der Waals surface area contributed by atoms with E-state index in [4.69, 9.17) is 17.3 Å². The van der Waals surface area contributed by atoms with E-state index in [1.807, 2.05) is 6.92 Å². The smallest absolute Gasteiger partial charge is 0.258 e. The number of halogens is 1. The van der Waals surface area contributed by atoms with E-state index in [9.17, 15) is 9.59 Å². The number of amides is 1. The van der Waals surface area contributed by atoms with E-state index in [0.29, 0.717) is 17.9 Å². The number of aromatic nitrogens is 2. The maximum Gasteiger partial charge on any atom is 0.258 e. The second-order valence-corrected chi connectivity index (χ2v) is 4.46. The molecule has 0 bridgehead atoms. The quantitative estimate of drug-likeness (QED) is 0.843. The molecule has 7 heteroatoms. The zero-order valence-corrected chi connectivity index (χ0v) is 11.5. The van der Waals surface area contributed by atoms with Crippen LogP contribution in [-0.2, 0) is 6.54 Å². The van der Waals surface area contributed by atoms with Gasteiger partial charge in [-0.15, -0.1) is 0 Å². The van der Waals surface area contributed by atoms with Crippen LogP contribution in [0.5, 0.6) is 0 Å². The molecule has 1 amide bonds. The van der Waals surface area contributed by atoms with Gasteiger partial charge in [0.25, 0.3) is 11.5 Å². The summed E-state index contributed by atoms with van der Waals surface area (Å²) < 4.78 is 1.48. The van der Waals surface area contributed by atoms with Gasteiger partial charge in [0.1, 0.15) is 5.15 Å². The van der Waals surface area contributed by atoms with Gasteiger partial charge in [0.05, 0.1) is 23.1 Å². The second kappa shape index (κ2) is 5.75. The molecule has 0 unspecified atom stereocenters. The summed E-state index contributed by atoms with van der Waals surface area (Å²) in [7, 11) is 0. The monoisotopic (exact) mass is 292 g/mol. The largest absolute Gasteiger partial charge is 0.397 e. The van der Waals surface area contributed by atoms with Crippen molar-refractivity contribution in [3.8, 4) is 0 Å². The van der Waals surface area contributed by atoms with Gasteiger partial charge in [0, 0.05) is 18.8 Å². The molecule has 2 aromatic heterocycles. The van der Waals surface area contributed by atoms with Gasteiger partial charge in [-0.3, -0.25) is 9.59 Å². The summed E-state index contributed by atoms with van der Waals surface area (Å²) in [6.07, 6.45) is 2.93. The highest BCUT2D eigenvalue weighted by Crippen LogP contribution is 2.17. The van der Waals surface area contributed by atoms with Gasteiger partial charge in [-0.2, -0.15) is 0 Å². The van der Waals surface area contributed by atoms with E-state index in [-0.39, 0.29) is 16.3 Å². The van der Waals surface area contributed by atoms with Crippen molar-refractivity contribution >= 4 is 28.9 Å². The number of anilines is 2. The molecule has 0 saturated heterocycles. The Hall–Kier alpha value is -2.34. The predicted molar refractivity (Wildman–Crippen MR) is 78.0 cm³/mol. The maximum atomic E-state index is 12.1. The van der Waals surface area contributed by atoms with Crippen LogP contribution in [0.3, 0.4) is 0 Å². The minimum atomic E-state index is -0.434.